The topological polar surface area (TPSA) is 25.2 Å². The van der Waals surface area contributed by atoms with E-state index in [9.17, 15) is 13.2 Å². The Morgan fingerprint density at radius 3 is 2.67 bits per heavy atom. The molecule has 0 saturated heterocycles. The largest absolute Gasteiger partial charge is 0.464 e. The zero-order valence-corrected chi connectivity index (χ0v) is 12.1. The van der Waals surface area contributed by atoms with E-state index in [4.69, 9.17) is 4.42 Å². The molecule has 0 amide bonds. The summed E-state index contributed by atoms with van der Waals surface area (Å²) >= 11 is 0. The highest BCUT2D eigenvalue weighted by atomic mass is 35.5. The molecule has 2 heterocycles. The maximum absolute atomic E-state index is 13.0. The van der Waals surface area contributed by atoms with Crippen LogP contribution in [0.1, 0.15) is 24.5 Å². The summed E-state index contributed by atoms with van der Waals surface area (Å²) in [7, 11) is 0. The maximum Gasteiger partial charge on any atom is 0.417 e. The fraction of sp³-hybridized carbons (Fsp3) is 0.333. The van der Waals surface area contributed by atoms with Gasteiger partial charge in [0.25, 0.3) is 0 Å². The van der Waals surface area contributed by atoms with Gasteiger partial charge < -0.3 is 9.73 Å². The average molecular weight is 318 g/mol. The molecule has 0 aliphatic carbocycles. The van der Waals surface area contributed by atoms with E-state index < -0.39 is 11.7 Å². The lowest BCUT2D eigenvalue weighted by Crippen LogP contribution is -2.29. The Balaban J connectivity index is 0.00000161. The molecule has 0 bridgehead atoms. The highest BCUT2D eigenvalue weighted by Gasteiger charge is 2.33. The zero-order valence-electron chi connectivity index (χ0n) is 11.3. The first-order valence-electron chi connectivity index (χ1n) is 6.48. The van der Waals surface area contributed by atoms with Crippen LogP contribution in [0.25, 0.3) is 16.5 Å². The molecule has 114 valence electrons. The van der Waals surface area contributed by atoms with Crippen LogP contribution in [-0.2, 0) is 6.18 Å². The van der Waals surface area contributed by atoms with Gasteiger partial charge in [0.2, 0.25) is 0 Å². The second-order valence-corrected chi connectivity index (χ2v) is 5.01. The highest BCUT2D eigenvalue weighted by Crippen LogP contribution is 2.38. The molecule has 0 saturated carbocycles. The summed E-state index contributed by atoms with van der Waals surface area (Å²) in [5, 5.41) is 3.40. The van der Waals surface area contributed by atoms with Crippen molar-refractivity contribution in [3.05, 3.63) is 41.7 Å². The number of benzene rings is 1. The van der Waals surface area contributed by atoms with Crippen molar-refractivity contribution >= 4 is 28.9 Å². The predicted molar refractivity (Wildman–Crippen MR) is 78.5 cm³/mol. The zero-order chi connectivity index (χ0) is 14.3. The first-order valence-corrected chi connectivity index (χ1v) is 6.48. The van der Waals surface area contributed by atoms with Crippen molar-refractivity contribution in [3.8, 4) is 0 Å². The van der Waals surface area contributed by atoms with Crippen molar-refractivity contribution < 1.29 is 17.6 Å². The molecule has 1 atom stereocenters. The van der Waals surface area contributed by atoms with Gasteiger partial charge in [0.15, 0.2) is 0 Å². The minimum absolute atomic E-state index is 0. The molecule has 0 fully saturated rings. The van der Waals surface area contributed by atoms with Crippen molar-refractivity contribution in [1.29, 1.82) is 0 Å². The van der Waals surface area contributed by atoms with Crippen molar-refractivity contribution in [2.24, 2.45) is 0 Å². The minimum atomic E-state index is -4.36. The lowest BCUT2D eigenvalue weighted by atomic mass is 9.94. The predicted octanol–water partition coefficient (Wildman–Crippen LogP) is 4.64. The van der Waals surface area contributed by atoms with Gasteiger partial charge in [0.05, 0.1) is 11.8 Å². The third kappa shape index (κ3) is 2.94. The number of hydrogen-bond donors (Lipinski definition) is 1. The van der Waals surface area contributed by atoms with E-state index in [0.717, 1.165) is 30.2 Å². The van der Waals surface area contributed by atoms with Crippen LogP contribution in [0.15, 0.2) is 35.0 Å². The molecule has 0 radical (unpaired) electrons. The number of halogens is 4. The van der Waals surface area contributed by atoms with E-state index in [2.05, 4.69) is 5.32 Å². The normalized spacial score (nSPS) is 19.2. The van der Waals surface area contributed by atoms with Crippen LogP contribution in [0.3, 0.4) is 0 Å². The van der Waals surface area contributed by atoms with Crippen LogP contribution in [-0.4, -0.2) is 12.6 Å². The van der Waals surface area contributed by atoms with Crippen molar-refractivity contribution in [3.63, 3.8) is 0 Å². The first kappa shape index (κ1) is 15.9. The van der Waals surface area contributed by atoms with Crippen molar-refractivity contribution in [2.75, 3.05) is 6.54 Å². The van der Waals surface area contributed by atoms with Gasteiger partial charge in [-0.3, -0.25) is 0 Å². The summed E-state index contributed by atoms with van der Waals surface area (Å²) in [6.07, 6.45) is -0.232. The monoisotopic (exact) mass is 317 g/mol. The molecule has 21 heavy (non-hydrogen) atoms. The molecule has 1 aromatic heterocycles. The van der Waals surface area contributed by atoms with Crippen LogP contribution >= 0.6 is 12.4 Å². The molecule has 1 aliphatic rings. The van der Waals surface area contributed by atoms with Crippen LogP contribution in [0, 0.1) is 0 Å². The van der Waals surface area contributed by atoms with E-state index in [1.165, 1.54) is 18.4 Å². The van der Waals surface area contributed by atoms with Gasteiger partial charge in [-0.1, -0.05) is 12.1 Å². The van der Waals surface area contributed by atoms with Gasteiger partial charge in [-0.15, -0.1) is 12.4 Å². The fourth-order valence-electron chi connectivity index (χ4n) is 2.67. The second kappa shape index (κ2) is 5.73. The van der Waals surface area contributed by atoms with Gasteiger partial charge >= 0.3 is 6.18 Å². The molecular formula is C15H15ClF3NO. The Morgan fingerprint density at radius 2 is 2.00 bits per heavy atom. The van der Waals surface area contributed by atoms with Crippen LogP contribution in [0.2, 0.25) is 0 Å². The molecular weight excluding hydrogens is 303 g/mol. The molecule has 3 rings (SSSR count). The van der Waals surface area contributed by atoms with Gasteiger partial charge in [-0.05, 0) is 37.6 Å². The lowest BCUT2D eigenvalue weighted by Gasteiger charge is -2.20. The third-order valence-electron chi connectivity index (χ3n) is 3.58. The van der Waals surface area contributed by atoms with E-state index in [-0.39, 0.29) is 23.8 Å². The van der Waals surface area contributed by atoms with Crippen molar-refractivity contribution in [1.82, 2.24) is 5.32 Å². The first-order chi connectivity index (χ1) is 9.47. The summed E-state index contributed by atoms with van der Waals surface area (Å²) in [4.78, 5) is 0. The average Bonchev–Trinajstić information content (AvgIpc) is 2.85. The molecule has 2 nitrogen and oxygen atoms in total. The number of hydrogen-bond acceptors (Lipinski definition) is 2. The van der Waals surface area contributed by atoms with Crippen LogP contribution < -0.4 is 5.32 Å². The molecule has 1 unspecified atom stereocenters. The standard InChI is InChI=1S/C15H14F3NO.ClH/c1-9-8-10(4-6-19-9)11-2-3-13(15(16,17)18)12-5-7-20-14(11)12;/h2-3,5,7-9,19H,4,6H2,1H3;1H. The molecule has 2 aromatic rings. The summed E-state index contributed by atoms with van der Waals surface area (Å²) < 4.78 is 44.2. The minimum Gasteiger partial charge on any atom is -0.464 e. The van der Waals surface area contributed by atoms with Gasteiger partial charge in [0, 0.05) is 17.0 Å². The van der Waals surface area contributed by atoms with E-state index in [1.54, 1.807) is 0 Å². The molecule has 1 aliphatic heterocycles. The van der Waals surface area contributed by atoms with Crippen LogP contribution in [0.5, 0.6) is 0 Å². The lowest BCUT2D eigenvalue weighted by molar-refractivity contribution is -0.136. The molecule has 1 N–H and O–H groups in total. The van der Waals surface area contributed by atoms with Gasteiger partial charge in [-0.2, -0.15) is 13.2 Å². The molecule has 6 heteroatoms. The van der Waals surface area contributed by atoms with E-state index in [0.29, 0.717) is 5.58 Å². The number of alkyl halides is 3. The fourth-order valence-corrected chi connectivity index (χ4v) is 2.67. The summed E-state index contributed by atoms with van der Waals surface area (Å²) in [5.41, 5.74) is 1.46. The Morgan fingerprint density at radius 1 is 1.24 bits per heavy atom. The summed E-state index contributed by atoms with van der Waals surface area (Å²) in [5.74, 6) is 0. The number of rotatable bonds is 1. The van der Waals surface area contributed by atoms with Crippen LogP contribution in [0.4, 0.5) is 13.2 Å². The Bertz CT molecular complexity index is 675. The Labute approximate surface area is 126 Å². The molecule has 0 spiro atoms. The highest BCUT2D eigenvalue weighted by molar-refractivity contribution is 5.92. The third-order valence-corrected chi connectivity index (χ3v) is 3.58. The van der Waals surface area contributed by atoms with Crippen molar-refractivity contribution in [2.45, 2.75) is 25.6 Å². The van der Waals surface area contributed by atoms with Gasteiger partial charge in [0.1, 0.15) is 5.58 Å². The summed E-state index contributed by atoms with van der Waals surface area (Å²) in [6, 6.07) is 4.25. The Hall–Kier alpha value is -1.46. The number of nitrogens with one attached hydrogen (secondary N) is 1. The SMILES string of the molecule is CC1C=C(c2ccc(C(F)(F)F)c3ccoc23)CCN1.Cl. The Kier molecular flexibility index (Phi) is 4.35. The van der Waals surface area contributed by atoms with Gasteiger partial charge in [-0.25, -0.2) is 0 Å². The number of furan rings is 1. The van der Waals surface area contributed by atoms with E-state index in [1.807, 2.05) is 13.0 Å². The summed E-state index contributed by atoms with van der Waals surface area (Å²) in [6.45, 7) is 2.83. The smallest absolute Gasteiger partial charge is 0.417 e. The maximum atomic E-state index is 13.0. The molecule has 1 aromatic carbocycles. The quantitative estimate of drug-likeness (QED) is 0.829. The number of fused-ring (bicyclic) bond motifs is 1. The second-order valence-electron chi connectivity index (χ2n) is 5.01. The van der Waals surface area contributed by atoms with E-state index >= 15 is 0 Å².